The van der Waals surface area contributed by atoms with E-state index in [0.29, 0.717) is 29.0 Å². The van der Waals surface area contributed by atoms with Crippen LogP contribution in [0.4, 0.5) is 0 Å². The molecule has 0 fully saturated rings. The molecule has 0 aliphatic carbocycles. The molecule has 0 radical (unpaired) electrons. The van der Waals surface area contributed by atoms with Crippen molar-refractivity contribution in [2.45, 2.75) is 12.5 Å². The second-order valence-electron chi connectivity index (χ2n) is 7.44. The first-order chi connectivity index (χ1) is 14.9. The quantitative estimate of drug-likeness (QED) is 0.661. The molecule has 1 atom stereocenters. The summed E-state index contributed by atoms with van der Waals surface area (Å²) in [5, 5.41) is 21.0. The van der Waals surface area contributed by atoms with Gasteiger partial charge in [-0.25, -0.2) is 5.01 Å². The van der Waals surface area contributed by atoms with E-state index in [1.165, 1.54) is 11.6 Å². The molecule has 160 valence electrons. The summed E-state index contributed by atoms with van der Waals surface area (Å²) in [6, 6.07) is 14.8. The van der Waals surface area contributed by atoms with Gasteiger partial charge in [-0.3, -0.25) is 4.79 Å². The van der Waals surface area contributed by atoms with Crippen LogP contribution in [-0.4, -0.2) is 52.3 Å². The molecule has 0 saturated carbocycles. The molecule has 0 aromatic heterocycles. The third kappa shape index (κ3) is 4.86. The van der Waals surface area contributed by atoms with Gasteiger partial charge in [0.25, 0.3) is 5.91 Å². The first-order valence-electron chi connectivity index (χ1n) is 9.90. The van der Waals surface area contributed by atoms with Crippen LogP contribution in [0, 0.1) is 0 Å². The van der Waals surface area contributed by atoms with Crippen LogP contribution in [0.2, 0.25) is 10.0 Å². The number of nitrogens with one attached hydrogen (secondary N) is 1. The van der Waals surface area contributed by atoms with Crippen molar-refractivity contribution in [3.05, 3.63) is 93.9 Å². The molecule has 31 heavy (non-hydrogen) atoms. The first-order valence-corrected chi connectivity index (χ1v) is 10.7. The number of carbonyl (C=O) groups is 1. The Morgan fingerprint density at radius 3 is 2.39 bits per heavy atom. The Hall–Kier alpha value is -2.96. The summed E-state index contributed by atoms with van der Waals surface area (Å²) in [6.45, 7) is 5.41. The van der Waals surface area contributed by atoms with Gasteiger partial charge in [0, 0.05) is 28.2 Å². The molecule has 0 spiro atoms. The summed E-state index contributed by atoms with van der Waals surface area (Å²) in [5.74, 6) is 0.470. The number of hydrazone groups is 1. The smallest absolute Gasteiger partial charge is 0.251 e. The Morgan fingerprint density at radius 1 is 1.13 bits per heavy atom. The average Bonchev–Trinajstić information content (AvgIpc) is 3.33. The number of aliphatic hydroxyl groups is 1. The highest BCUT2D eigenvalue weighted by molar-refractivity contribution is 6.31. The molecule has 2 heterocycles. The minimum absolute atomic E-state index is 0.0545. The molecule has 8 heteroatoms. The number of nitrogens with zero attached hydrogens (tertiary/aromatic N) is 3. The molecular weight excluding hydrogens is 435 g/mol. The van der Waals surface area contributed by atoms with E-state index >= 15 is 0 Å². The van der Waals surface area contributed by atoms with E-state index in [0.717, 1.165) is 17.7 Å². The minimum atomic E-state index is -0.315. The maximum atomic E-state index is 12.4. The Bertz CT molecular complexity index is 1050. The number of aliphatic hydroxyl groups excluding tert-OH is 1. The second kappa shape index (κ2) is 9.04. The summed E-state index contributed by atoms with van der Waals surface area (Å²) >= 11 is 12.0. The SMILES string of the molecule is C=C(NCCc1ccc(Cl)cc1)N1CC(N2CC(O)=CC2=O)C(c2ccc(Cl)cc2)=N1. The van der Waals surface area contributed by atoms with Crippen LogP contribution >= 0.6 is 23.2 Å². The van der Waals surface area contributed by atoms with Crippen LogP contribution in [0.25, 0.3) is 0 Å². The van der Waals surface area contributed by atoms with Crippen molar-refractivity contribution in [2.75, 3.05) is 19.6 Å². The van der Waals surface area contributed by atoms with Crippen molar-refractivity contribution in [1.82, 2.24) is 15.2 Å². The van der Waals surface area contributed by atoms with E-state index in [1.807, 2.05) is 36.4 Å². The zero-order valence-electron chi connectivity index (χ0n) is 16.8. The van der Waals surface area contributed by atoms with Crippen molar-refractivity contribution in [3.8, 4) is 0 Å². The molecule has 2 aliphatic heterocycles. The standard InChI is InChI=1S/C23H22Cl2N4O2/c1-15(26-11-10-16-2-6-18(24)7-3-16)29-14-21(28-13-20(30)12-22(28)31)23(27-29)17-4-8-19(25)9-5-17/h2-9,12,21,26,30H,1,10-11,13-14H2. The average molecular weight is 457 g/mol. The molecule has 6 nitrogen and oxygen atoms in total. The molecule has 4 rings (SSSR count). The van der Waals surface area contributed by atoms with Crippen LogP contribution in [0.1, 0.15) is 11.1 Å². The van der Waals surface area contributed by atoms with E-state index < -0.39 is 0 Å². The third-order valence-electron chi connectivity index (χ3n) is 5.28. The summed E-state index contributed by atoms with van der Waals surface area (Å²) in [4.78, 5) is 14.0. The lowest BCUT2D eigenvalue weighted by atomic mass is 10.0. The van der Waals surface area contributed by atoms with Gasteiger partial charge < -0.3 is 15.3 Å². The van der Waals surface area contributed by atoms with E-state index in [9.17, 15) is 9.90 Å². The van der Waals surface area contributed by atoms with Crippen molar-refractivity contribution in [1.29, 1.82) is 0 Å². The van der Waals surface area contributed by atoms with Gasteiger partial charge in [-0.2, -0.15) is 5.10 Å². The predicted molar refractivity (Wildman–Crippen MR) is 123 cm³/mol. The second-order valence-corrected chi connectivity index (χ2v) is 8.31. The summed E-state index contributed by atoms with van der Waals surface area (Å²) in [5.41, 5.74) is 2.76. The fourth-order valence-electron chi connectivity index (χ4n) is 3.66. The highest BCUT2D eigenvalue weighted by Crippen LogP contribution is 2.25. The highest BCUT2D eigenvalue weighted by Gasteiger charge is 2.38. The van der Waals surface area contributed by atoms with Gasteiger partial charge in [0.2, 0.25) is 0 Å². The number of hydrogen-bond donors (Lipinski definition) is 2. The third-order valence-corrected chi connectivity index (χ3v) is 5.78. The van der Waals surface area contributed by atoms with Crippen LogP contribution < -0.4 is 5.32 Å². The molecule has 2 N–H and O–H groups in total. The molecule has 0 bridgehead atoms. The number of hydrogen-bond acceptors (Lipinski definition) is 5. The normalized spacial score (nSPS) is 18.3. The van der Waals surface area contributed by atoms with Gasteiger partial charge in [0.1, 0.15) is 11.6 Å². The van der Waals surface area contributed by atoms with Crippen LogP contribution in [0.15, 0.2) is 77.9 Å². The number of rotatable bonds is 7. The van der Waals surface area contributed by atoms with Crippen molar-refractivity contribution in [3.63, 3.8) is 0 Å². The first kappa shape index (κ1) is 21.3. The van der Waals surface area contributed by atoms with Crippen LogP contribution in [0.3, 0.4) is 0 Å². The number of benzene rings is 2. The highest BCUT2D eigenvalue weighted by atomic mass is 35.5. The summed E-state index contributed by atoms with van der Waals surface area (Å²) in [7, 11) is 0. The lowest BCUT2D eigenvalue weighted by Gasteiger charge is -2.26. The number of halogens is 2. The van der Waals surface area contributed by atoms with Gasteiger partial charge in [-0.1, -0.05) is 54.0 Å². The van der Waals surface area contributed by atoms with Gasteiger partial charge >= 0.3 is 0 Å². The Labute approximate surface area is 191 Å². The van der Waals surface area contributed by atoms with E-state index in [-0.39, 0.29) is 24.3 Å². The largest absolute Gasteiger partial charge is 0.510 e. The van der Waals surface area contributed by atoms with Gasteiger partial charge in [-0.15, -0.1) is 0 Å². The molecule has 2 aromatic rings. The van der Waals surface area contributed by atoms with Gasteiger partial charge in [0.05, 0.1) is 24.8 Å². The molecule has 1 amide bonds. The van der Waals surface area contributed by atoms with Crippen molar-refractivity contribution in [2.24, 2.45) is 5.10 Å². The minimum Gasteiger partial charge on any atom is -0.510 e. The zero-order valence-corrected chi connectivity index (χ0v) is 18.3. The molecular formula is C23H22Cl2N4O2. The Morgan fingerprint density at radius 2 is 1.77 bits per heavy atom. The number of amides is 1. The van der Waals surface area contributed by atoms with E-state index in [2.05, 4.69) is 11.9 Å². The van der Waals surface area contributed by atoms with Gasteiger partial charge in [-0.05, 0) is 36.2 Å². The fraction of sp³-hybridized carbons (Fsp3) is 0.217. The molecule has 2 aromatic carbocycles. The molecule has 0 saturated heterocycles. The van der Waals surface area contributed by atoms with E-state index in [1.54, 1.807) is 22.0 Å². The monoisotopic (exact) mass is 456 g/mol. The Kier molecular flexibility index (Phi) is 6.20. The van der Waals surface area contributed by atoms with Crippen LogP contribution in [0.5, 0.6) is 0 Å². The topological polar surface area (TPSA) is 68.2 Å². The van der Waals surface area contributed by atoms with Crippen LogP contribution in [-0.2, 0) is 11.2 Å². The van der Waals surface area contributed by atoms with Crippen molar-refractivity contribution < 1.29 is 9.90 Å². The number of carbonyl (C=O) groups excluding carboxylic acids is 1. The van der Waals surface area contributed by atoms with Crippen molar-refractivity contribution >= 4 is 34.8 Å². The Balaban J connectivity index is 1.47. The summed E-state index contributed by atoms with van der Waals surface area (Å²) in [6.07, 6.45) is 2.06. The molecule has 2 aliphatic rings. The van der Waals surface area contributed by atoms with E-state index in [4.69, 9.17) is 28.3 Å². The maximum absolute atomic E-state index is 12.4. The summed E-state index contributed by atoms with van der Waals surface area (Å²) < 4.78 is 0. The predicted octanol–water partition coefficient (Wildman–Crippen LogP) is 3.97. The zero-order chi connectivity index (χ0) is 22.0. The molecule has 1 unspecified atom stereocenters. The lowest BCUT2D eigenvalue weighted by molar-refractivity contribution is -0.125. The lowest BCUT2D eigenvalue weighted by Crippen LogP contribution is -2.45. The maximum Gasteiger partial charge on any atom is 0.251 e. The fourth-order valence-corrected chi connectivity index (χ4v) is 3.91. The van der Waals surface area contributed by atoms with Gasteiger partial charge in [0.15, 0.2) is 0 Å².